The van der Waals surface area contributed by atoms with Gasteiger partial charge in [-0.05, 0) is 19.3 Å². The van der Waals surface area contributed by atoms with Crippen molar-refractivity contribution in [1.82, 2.24) is 9.97 Å². The van der Waals surface area contributed by atoms with Gasteiger partial charge in [0.05, 0.1) is 0 Å². The quantitative estimate of drug-likeness (QED) is 0.769. The van der Waals surface area contributed by atoms with E-state index in [1.165, 1.54) is 18.4 Å². The van der Waals surface area contributed by atoms with Gasteiger partial charge in [-0.2, -0.15) is 0 Å². The first-order valence-corrected chi connectivity index (χ1v) is 7.03. The van der Waals surface area contributed by atoms with E-state index < -0.39 is 0 Å². The van der Waals surface area contributed by atoms with Crippen LogP contribution in [0.3, 0.4) is 0 Å². The normalized spacial score (nSPS) is 10.4. The fourth-order valence-corrected chi connectivity index (χ4v) is 1.95. The van der Waals surface area contributed by atoms with Crippen LogP contribution < -0.4 is 10.2 Å². The van der Waals surface area contributed by atoms with Crippen LogP contribution in [0.1, 0.15) is 45.6 Å². The molecule has 0 saturated carbocycles. The molecule has 1 rings (SSSR count). The summed E-state index contributed by atoms with van der Waals surface area (Å²) in [4.78, 5) is 11.0. The molecule has 0 aliphatic heterocycles. The Morgan fingerprint density at radius 2 is 1.94 bits per heavy atom. The monoisotopic (exact) mass is 250 g/mol. The summed E-state index contributed by atoms with van der Waals surface area (Å²) < 4.78 is 0. The van der Waals surface area contributed by atoms with Crippen molar-refractivity contribution in [3.63, 3.8) is 0 Å². The maximum absolute atomic E-state index is 4.45. The lowest BCUT2D eigenvalue weighted by atomic mass is 10.2. The molecule has 1 aromatic rings. The van der Waals surface area contributed by atoms with Gasteiger partial charge in [-0.15, -0.1) is 0 Å². The van der Waals surface area contributed by atoms with E-state index in [-0.39, 0.29) is 0 Å². The molecule has 0 fully saturated rings. The Balaban J connectivity index is 2.89. The third-order valence-corrected chi connectivity index (χ3v) is 3.03. The fraction of sp³-hybridized carbons (Fsp3) is 0.714. The van der Waals surface area contributed by atoms with E-state index in [0.717, 1.165) is 37.6 Å². The molecule has 0 spiro atoms. The molecule has 0 aliphatic carbocycles. The minimum Gasteiger partial charge on any atom is -0.370 e. The lowest BCUT2D eigenvalue weighted by Gasteiger charge is -2.22. The molecule has 1 N–H and O–H groups in total. The molecule has 0 aliphatic rings. The first-order chi connectivity index (χ1) is 8.74. The minimum absolute atomic E-state index is 0.957. The van der Waals surface area contributed by atoms with Crippen molar-refractivity contribution < 1.29 is 0 Å². The van der Waals surface area contributed by atoms with Crippen LogP contribution in [0.2, 0.25) is 0 Å². The first-order valence-electron chi connectivity index (χ1n) is 7.03. The zero-order valence-corrected chi connectivity index (χ0v) is 12.2. The summed E-state index contributed by atoms with van der Waals surface area (Å²) >= 11 is 0. The summed E-state index contributed by atoms with van der Waals surface area (Å²) in [7, 11) is 2.11. The van der Waals surface area contributed by atoms with Gasteiger partial charge in [0.25, 0.3) is 0 Å². The van der Waals surface area contributed by atoms with Gasteiger partial charge in [0.15, 0.2) is 0 Å². The van der Waals surface area contributed by atoms with Crippen LogP contribution in [0, 0.1) is 0 Å². The van der Waals surface area contributed by atoms with Gasteiger partial charge in [0, 0.05) is 25.7 Å². The molecule has 0 amide bonds. The van der Waals surface area contributed by atoms with Gasteiger partial charge >= 0.3 is 0 Å². The SMILES string of the molecule is CCCCN(C)c1ncnc(NCCC)c1CC. The highest BCUT2D eigenvalue weighted by Gasteiger charge is 2.12. The third-order valence-electron chi connectivity index (χ3n) is 3.03. The van der Waals surface area contributed by atoms with Crippen molar-refractivity contribution in [2.24, 2.45) is 0 Å². The Labute approximate surface area is 111 Å². The zero-order chi connectivity index (χ0) is 13.4. The Kier molecular flexibility index (Phi) is 6.47. The van der Waals surface area contributed by atoms with Crippen LogP contribution in [-0.4, -0.2) is 30.1 Å². The molecular formula is C14H26N4. The predicted octanol–water partition coefficient (Wildman–Crippen LogP) is 3.10. The molecule has 0 aromatic carbocycles. The second kappa shape index (κ2) is 7.90. The van der Waals surface area contributed by atoms with Crippen molar-refractivity contribution in [3.05, 3.63) is 11.9 Å². The van der Waals surface area contributed by atoms with Gasteiger partial charge in [0.2, 0.25) is 0 Å². The number of nitrogens with zero attached hydrogens (tertiary/aromatic N) is 3. The van der Waals surface area contributed by atoms with Crippen LogP contribution in [0.4, 0.5) is 11.6 Å². The van der Waals surface area contributed by atoms with Crippen LogP contribution >= 0.6 is 0 Å². The highest BCUT2D eigenvalue weighted by Crippen LogP contribution is 2.23. The van der Waals surface area contributed by atoms with E-state index in [4.69, 9.17) is 0 Å². The summed E-state index contributed by atoms with van der Waals surface area (Å²) in [5.41, 5.74) is 1.23. The second-order valence-corrected chi connectivity index (χ2v) is 4.58. The standard InChI is InChI=1S/C14H26N4/c1-5-8-10-18(4)14-12(7-3)13(15-9-6-2)16-11-17-14/h11H,5-10H2,1-4H3,(H,15,16,17). The molecule has 102 valence electrons. The number of aromatic nitrogens is 2. The van der Waals surface area contributed by atoms with E-state index in [1.54, 1.807) is 6.33 Å². The number of rotatable bonds is 8. The number of hydrogen-bond donors (Lipinski definition) is 1. The molecule has 18 heavy (non-hydrogen) atoms. The first kappa shape index (κ1) is 14.7. The van der Waals surface area contributed by atoms with E-state index >= 15 is 0 Å². The van der Waals surface area contributed by atoms with E-state index in [0.29, 0.717) is 0 Å². The maximum Gasteiger partial charge on any atom is 0.137 e. The van der Waals surface area contributed by atoms with E-state index in [9.17, 15) is 0 Å². The van der Waals surface area contributed by atoms with Gasteiger partial charge < -0.3 is 10.2 Å². The Hall–Kier alpha value is -1.32. The summed E-state index contributed by atoms with van der Waals surface area (Å²) in [6, 6.07) is 0. The minimum atomic E-state index is 0.957. The number of anilines is 2. The summed E-state index contributed by atoms with van der Waals surface area (Å²) in [5, 5.41) is 3.39. The molecule has 4 heteroatoms. The molecular weight excluding hydrogens is 224 g/mol. The molecule has 0 atom stereocenters. The van der Waals surface area contributed by atoms with Crippen molar-refractivity contribution in [2.75, 3.05) is 30.4 Å². The lowest BCUT2D eigenvalue weighted by molar-refractivity contribution is 0.753. The van der Waals surface area contributed by atoms with Crippen molar-refractivity contribution in [3.8, 4) is 0 Å². The number of hydrogen-bond acceptors (Lipinski definition) is 4. The molecule has 0 radical (unpaired) electrons. The van der Waals surface area contributed by atoms with Gasteiger partial charge in [-0.25, -0.2) is 9.97 Å². The topological polar surface area (TPSA) is 41.1 Å². The van der Waals surface area contributed by atoms with Crippen molar-refractivity contribution in [2.45, 2.75) is 46.5 Å². The highest BCUT2D eigenvalue weighted by atomic mass is 15.2. The smallest absolute Gasteiger partial charge is 0.137 e. The van der Waals surface area contributed by atoms with E-state index in [1.807, 2.05) is 0 Å². The predicted molar refractivity (Wildman–Crippen MR) is 78.4 cm³/mol. The molecule has 0 saturated heterocycles. The lowest BCUT2D eigenvalue weighted by Crippen LogP contribution is -2.22. The van der Waals surface area contributed by atoms with Crippen LogP contribution in [-0.2, 0) is 6.42 Å². The van der Waals surface area contributed by atoms with Crippen molar-refractivity contribution >= 4 is 11.6 Å². The fourth-order valence-electron chi connectivity index (χ4n) is 1.95. The highest BCUT2D eigenvalue weighted by molar-refractivity contribution is 5.58. The molecule has 0 unspecified atom stereocenters. The average Bonchev–Trinajstić information content (AvgIpc) is 2.41. The zero-order valence-electron chi connectivity index (χ0n) is 12.2. The number of unbranched alkanes of at least 4 members (excludes halogenated alkanes) is 1. The number of nitrogens with one attached hydrogen (secondary N) is 1. The summed E-state index contributed by atoms with van der Waals surface area (Å²) in [6.45, 7) is 8.54. The largest absolute Gasteiger partial charge is 0.370 e. The summed E-state index contributed by atoms with van der Waals surface area (Å²) in [6.07, 6.45) is 6.13. The van der Waals surface area contributed by atoms with Gasteiger partial charge in [-0.3, -0.25) is 0 Å². The molecule has 1 heterocycles. The Morgan fingerprint density at radius 1 is 1.17 bits per heavy atom. The van der Waals surface area contributed by atoms with Crippen LogP contribution in [0.15, 0.2) is 6.33 Å². The second-order valence-electron chi connectivity index (χ2n) is 4.58. The van der Waals surface area contributed by atoms with Crippen LogP contribution in [0.5, 0.6) is 0 Å². The molecule has 0 bridgehead atoms. The van der Waals surface area contributed by atoms with Gasteiger partial charge in [-0.1, -0.05) is 27.2 Å². The van der Waals surface area contributed by atoms with Gasteiger partial charge in [0.1, 0.15) is 18.0 Å². The summed E-state index contributed by atoms with van der Waals surface area (Å²) in [5.74, 6) is 2.06. The third kappa shape index (κ3) is 3.86. The Bertz CT molecular complexity index is 352. The Morgan fingerprint density at radius 3 is 2.56 bits per heavy atom. The van der Waals surface area contributed by atoms with Crippen LogP contribution in [0.25, 0.3) is 0 Å². The van der Waals surface area contributed by atoms with Crippen molar-refractivity contribution in [1.29, 1.82) is 0 Å². The molecule has 1 aromatic heterocycles. The molecule has 4 nitrogen and oxygen atoms in total. The van der Waals surface area contributed by atoms with E-state index in [2.05, 4.69) is 48.0 Å². The maximum atomic E-state index is 4.45. The average molecular weight is 250 g/mol.